The van der Waals surface area contributed by atoms with E-state index in [0.717, 1.165) is 0 Å². The molecule has 3 fully saturated rings. The number of β-amino-alcohol motifs (C(OH)–C–C–N with tert-alkyl or cyclic N) is 1. The van der Waals surface area contributed by atoms with E-state index in [4.69, 9.17) is 16.3 Å². The monoisotopic (exact) mass is 512 g/mol. The summed E-state index contributed by atoms with van der Waals surface area (Å²) in [6, 6.07) is 5.72. The van der Waals surface area contributed by atoms with Crippen molar-refractivity contribution in [1.29, 1.82) is 0 Å². The van der Waals surface area contributed by atoms with Crippen LogP contribution < -0.4 is 4.90 Å². The van der Waals surface area contributed by atoms with Gasteiger partial charge in [-0.2, -0.15) is 0 Å². The molecule has 0 aliphatic carbocycles. The molecule has 1 unspecified atom stereocenters. The number of likely N-dealkylation sites (tertiary alicyclic amines) is 1. The molecule has 3 aliphatic heterocycles. The molecule has 31 heavy (non-hydrogen) atoms. The Morgan fingerprint density at radius 2 is 2.13 bits per heavy atom. The van der Waals surface area contributed by atoms with Crippen LogP contribution >= 0.6 is 27.5 Å². The van der Waals surface area contributed by atoms with E-state index in [1.165, 1.54) is 9.80 Å². The second-order valence-corrected chi connectivity index (χ2v) is 9.53. The molecule has 4 rings (SSSR count). The van der Waals surface area contributed by atoms with E-state index in [1.807, 2.05) is 0 Å². The minimum absolute atomic E-state index is 0.106. The Morgan fingerprint density at radius 3 is 2.74 bits per heavy atom. The number of halogens is 2. The Kier molecular flexibility index (Phi) is 5.89. The predicted molar refractivity (Wildman–Crippen MR) is 116 cm³/mol. The maximum Gasteiger partial charge on any atom is 0.310 e. The number of amides is 2. The summed E-state index contributed by atoms with van der Waals surface area (Å²) in [4.78, 5) is 41.6. The maximum atomic E-state index is 13.9. The molecule has 3 aliphatic rings. The molecule has 10 heteroatoms. The van der Waals surface area contributed by atoms with Crippen LogP contribution in [0.1, 0.15) is 6.42 Å². The first-order valence-corrected chi connectivity index (χ1v) is 11.2. The highest BCUT2D eigenvalue weighted by atomic mass is 79.9. The largest absolute Gasteiger partial charge is 0.481 e. The molecule has 0 aromatic heterocycles. The molecule has 8 nitrogen and oxygen atoms in total. The first-order chi connectivity index (χ1) is 14.8. The standard InChI is InChI=1S/C21H22BrClN2O6/c1-2-7-24(13-6-4-3-5-12(13)23)19(28)17-21-10-11(22)16(31-21)14(20(29)30)15(21)18(27)25(17)8-9-26/h2-6,11,14-17,26H,1,7-10H2,(H,29,30)/t11?,14-,15+,16-,17-,21+/m0/s1. The zero-order valence-corrected chi connectivity index (χ0v) is 18.8. The van der Waals surface area contributed by atoms with Crippen molar-refractivity contribution in [3.05, 3.63) is 41.9 Å². The maximum absolute atomic E-state index is 13.9. The molecule has 1 aromatic carbocycles. The van der Waals surface area contributed by atoms with Crippen molar-refractivity contribution in [2.24, 2.45) is 11.8 Å². The Morgan fingerprint density at radius 1 is 1.42 bits per heavy atom. The van der Waals surface area contributed by atoms with E-state index >= 15 is 0 Å². The molecule has 166 valence electrons. The molecule has 2 amide bonds. The van der Waals surface area contributed by atoms with Crippen molar-refractivity contribution < 1.29 is 29.3 Å². The van der Waals surface area contributed by atoms with Crippen LogP contribution in [-0.2, 0) is 19.1 Å². The molecule has 2 bridgehead atoms. The lowest BCUT2D eigenvalue weighted by molar-refractivity contribution is -0.149. The number of carboxylic acids is 1. The third-order valence-corrected chi connectivity index (χ3v) is 7.53. The zero-order valence-electron chi connectivity index (χ0n) is 16.5. The number of anilines is 1. The van der Waals surface area contributed by atoms with E-state index < -0.39 is 47.4 Å². The Hall–Kier alpha value is -1.94. The Balaban J connectivity index is 1.82. The van der Waals surface area contributed by atoms with Crippen molar-refractivity contribution >= 4 is 51.0 Å². The van der Waals surface area contributed by atoms with Crippen LogP contribution in [0, 0.1) is 11.8 Å². The summed E-state index contributed by atoms with van der Waals surface area (Å²) in [6.45, 7) is 3.37. The number of nitrogens with zero attached hydrogens (tertiary/aromatic N) is 2. The van der Waals surface area contributed by atoms with Crippen molar-refractivity contribution in [3.8, 4) is 0 Å². The van der Waals surface area contributed by atoms with Crippen molar-refractivity contribution in [2.75, 3.05) is 24.6 Å². The van der Waals surface area contributed by atoms with E-state index in [9.17, 15) is 24.6 Å². The van der Waals surface area contributed by atoms with Crippen LogP contribution in [0.2, 0.25) is 5.02 Å². The van der Waals surface area contributed by atoms with E-state index in [1.54, 1.807) is 30.3 Å². The molecule has 6 atom stereocenters. The lowest BCUT2D eigenvalue weighted by Gasteiger charge is -2.37. The average molecular weight is 514 g/mol. The minimum Gasteiger partial charge on any atom is -0.481 e. The summed E-state index contributed by atoms with van der Waals surface area (Å²) >= 11 is 9.83. The molecule has 2 N–H and O–H groups in total. The van der Waals surface area contributed by atoms with Gasteiger partial charge in [-0.1, -0.05) is 45.7 Å². The summed E-state index contributed by atoms with van der Waals surface area (Å²) < 4.78 is 6.17. The number of hydrogen-bond acceptors (Lipinski definition) is 5. The highest BCUT2D eigenvalue weighted by molar-refractivity contribution is 9.09. The van der Waals surface area contributed by atoms with Gasteiger partial charge in [-0.05, 0) is 18.6 Å². The number of aliphatic hydroxyl groups excluding tert-OH is 1. The SMILES string of the molecule is C=CCN(C(=O)[C@@H]1N(CCO)C(=O)[C@H]2[C@H](C(=O)O)[C@H]3O[C@@]12CC3Br)c1ccccc1Cl. The molecular formula is C21H22BrClN2O6. The van der Waals surface area contributed by atoms with Crippen molar-refractivity contribution in [1.82, 2.24) is 4.90 Å². The third kappa shape index (κ3) is 3.21. The van der Waals surface area contributed by atoms with Gasteiger partial charge in [0.1, 0.15) is 11.6 Å². The number of aliphatic hydroxyl groups is 1. The summed E-state index contributed by atoms with van der Waals surface area (Å²) in [5, 5.41) is 19.7. The highest BCUT2D eigenvalue weighted by Gasteiger charge is 2.76. The molecule has 3 heterocycles. The summed E-state index contributed by atoms with van der Waals surface area (Å²) in [7, 11) is 0. The molecule has 3 saturated heterocycles. The number of benzene rings is 1. The average Bonchev–Trinajstić information content (AvgIpc) is 3.31. The number of carboxylic acid groups (broad SMARTS) is 1. The van der Waals surface area contributed by atoms with Crippen LogP contribution in [0.25, 0.3) is 0 Å². The van der Waals surface area contributed by atoms with Gasteiger partial charge in [0.25, 0.3) is 5.91 Å². The number of alkyl halides is 1. The van der Waals surface area contributed by atoms with Gasteiger partial charge in [-0.25, -0.2) is 0 Å². The predicted octanol–water partition coefficient (Wildman–Crippen LogP) is 1.68. The third-order valence-electron chi connectivity index (χ3n) is 6.37. The normalized spacial score (nSPS) is 33.5. The second-order valence-electron chi connectivity index (χ2n) is 7.95. The molecule has 0 radical (unpaired) electrons. The van der Waals surface area contributed by atoms with Gasteiger partial charge in [0.05, 0.1) is 35.3 Å². The van der Waals surface area contributed by atoms with E-state index in [2.05, 4.69) is 22.5 Å². The molecule has 1 aromatic rings. The number of rotatable bonds is 7. The lowest BCUT2D eigenvalue weighted by atomic mass is 9.70. The van der Waals surface area contributed by atoms with Crippen molar-refractivity contribution in [3.63, 3.8) is 0 Å². The summed E-state index contributed by atoms with van der Waals surface area (Å²) in [6.07, 6.45) is 1.14. The van der Waals surface area contributed by atoms with Gasteiger partial charge in [-0.15, -0.1) is 6.58 Å². The number of hydrogen-bond donors (Lipinski definition) is 2. The van der Waals surface area contributed by atoms with Crippen LogP contribution in [0.3, 0.4) is 0 Å². The minimum atomic E-state index is -1.30. The van der Waals surface area contributed by atoms with Gasteiger partial charge in [0.15, 0.2) is 0 Å². The fraction of sp³-hybridized carbons (Fsp3) is 0.476. The molecular weight excluding hydrogens is 492 g/mol. The van der Waals surface area contributed by atoms with Crippen LogP contribution in [-0.4, -0.2) is 75.2 Å². The Labute approximate surface area is 192 Å². The fourth-order valence-electron chi connectivity index (χ4n) is 5.29. The van der Waals surface area contributed by atoms with Gasteiger partial charge in [0.2, 0.25) is 5.91 Å². The smallest absolute Gasteiger partial charge is 0.310 e. The summed E-state index contributed by atoms with van der Waals surface area (Å²) in [5.41, 5.74) is -0.852. The zero-order chi connectivity index (χ0) is 22.5. The van der Waals surface area contributed by atoms with Gasteiger partial charge >= 0.3 is 5.97 Å². The summed E-state index contributed by atoms with van der Waals surface area (Å²) in [5.74, 6) is -4.15. The fourth-order valence-corrected chi connectivity index (χ4v) is 6.47. The topological polar surface area (TPSA) is 107 Å². The van der Waals surface area contributed by atoms with Gasteiger partial charge in [0, 0.05) is 17.9 Å². The van der Waals surface area contributed by atoms with Gasteiger partial charge < -0.3 is 24.7 Å². The lowest BCUT2D eigenvalue weighted by Crippen LogP contribution is -2.57. The Bertz CT molecular complexity index is 944. The van der Waals surface area contributed by atoms with Crippen molar-refractivity contribution in [2.45, 2.75) is 29.0 Å². The first kappa shape index (κ1) is 22.3. The van der Waals surface area contributed by atoms with Crippen LogP contribution in [0.15, 0.2) is 36.9 Å². The number of carbonyl (C=O) groups excluding carboxylic acids is 2. The quantitative estimate of drug-likeness (QED) is 0.424. The number of carbonyl (C=O) groups is 3. The number of ether oxygens (including phenoxy) is 1. The van der Waals surface area contributed by atoms with Gasteiger partial charge in [-0.3, -0.25) is 14.4 Å². The first-order valence-electron chi connectivity index (χ1n) is 9.91. The van der Waals surface area contributed by atoms with E-state index in [-0.39, 0.29) is 24.5 Å². The van der Waals surface area contributed by atoms with Crippen LogP contribution in [0.5, 0.6) is 0 Å². The number of para-hydroxylation sites is 1. The molecule has 1 spiro atoms. The van der Waals surface area contributed by atoms with Crippen LogP contribution in [0.4, 0.5) is 5.69 Å². The number of aliphatic carboxylic acids is 1. The van der Waals surface area contributed by atoms with E-state index in [0.29, 0.717) is 17.1 Å². The highest BCUT2D eigenvalue weighted by Crippen LogP contribution is 2.60. The second kappa shape index (κ2) is 8.20. The molecule has 0 saturated carbocycles. The number of fused-ring (bicyclic) bond motifs is 1.